The van der Waals surface area contributed by atoms with Crippen LogP contribution < -0.4 is 0 Å². The molecule has 0 fully saturated rings. The Labute approximate surface area is 71.4 Å². The summed E-state index contributed by atoms with van der Waals surface area (Å²) in [6, 6.07) is 3.77. The molecule has 0 aliphatic carbocycles. The van der Waals surface area contributed by atoms with Crippen molar-refractivity contribution in [3.63, 3.8) is 0 Å². The monoisotopic (exact) mass is 165 g/mol. The minimum absolute atomic E-state index is 0.253. The number of carbonyl (C=O) groups is 1. The van der Waals surface area contributed by atoms with Crippen LogP contribution in [0.3, 0.4) is 0 Å². The number of methoxy groups -OCH3 is 1. The number of rotatable bonds is 2. The Morgan fingerprint density at radius 1 is 1.67 bits per heavy atom. The molecule has 0 atom stereocenters. The molecule has 0 bridgehead atoms. The van der Waals surface area contributed by atoms with Gasteiger partial charge in [-0.1, -0.05) is 6.07 Å². The molecule has 0 amide bonds. The van der Waals surface area contributed by atoms with Crippen LogP contribution in [0.2, 0.25) is 0 Å². The van der Waals surface area contributed by atoms with E-state index >= 15 is 0 Å². The maximum Gasteiger partial charge on any atom is 0.311 e. The van der Waals surface area contributed by atoms with Gasteiger partial charge in [-0.15, -0.1) is 0 Å². The minimum atomic E-state index is -0.253. The van der Waals surface area contributed by atoms with E-state index in [0.717, 1.165) is 11.3 Å². The summed E-state index contributed by atoms with van der Waals surface area (Å²) in [6.45, 7) is 1.92. The fourth-order valence-corrected chi connectivity index (χ4v) is 0.912. The molecule has 0 unspecified atom stereocenters. The zero-order valence-corrected chi connectivity index (χ0v) is 7.20. The Morgan fingerprint density at radius 3 is 3.00 bits per heavy atom. The van der Waals surface area contributed by atoms with Crippen LogP contribution in [0.25, 0.3) is 0 Å². The molecule has 1 heterocycles. The lowest BCUT2D eigenvalue weighted by molar-refractivity contribution is -0.139. The van der Waals surface area contributed by atoms with E-state index in [0.29, 0.717) is 0 Å². The maximum atomic E-state index is 10.9. The Morgan fingerprint density at radius 2 is 2.42 bits per heavy atom. The van der Waals surface area contributed by atoms with Gasteiger partial charge in [0.05, 0.1) is 19.2 Å². The molecule has 1 aromatic rings. The van der Waals surface area contributed by atoms with Gasteiger partial charge in [0, 0.05) is 6.20 Å². The van der Waals surface area contributed by atoms with Crippen molar-refractivity contribution in [2.75, 3.05) is 7.11 Å². The second-order valence-corrected chi connectivity index (χ2v) is 2.52. The van der Waals surface area contributed by atoms with Crippen molar-refractivity contribution in [1.29, 1.82) is 0 Å². The van der Waals surface area contributed by atoms with Gasteiger partial charge in [-0.3, -0.25) is 9.78 Å². The van der Waals surface area contributed by atoms with Crippen LogP contribution in [0.1, 0.15) is 11.3 Å². The SMILES string of the molecule is COC(=O)Cc1ncccc1C. The fraction of sp³-hybridized carbons (Fsp3) is 0.333. The van der Waals surface area contributed by atoms with E-state index in [1.54, 1.807) is 6.20 Å². The van der Waals surface area contributed by atoms with Gasteiger partial charge in [0.15, 0.2) is 0 Å². The Hall–Kier alpha value is -1.38. The van der Waals surface area contributed by atoms with Crippen molar-refractivity contribution >= 4 is 5.97 Å². The van der Waals surface area contributed by atoms with Crippen molar-refractivity contribution in [2.45, 2.75) is 13.3 Å². The van der Waals surface area contributed by atoms with Crippen LogP contribution in [0.15, 0.2) is 18.3 Å². The van der Waals surface area contributed by atoms with Gasteiger partial charge in [0.2, 0.25) is 0 Å². The summed E-state index contributed by atoms with van der Waals surface area (Å²) in [6.07, 6.45) is 1.93. The van der Waals surface area contributed by atoms with Gasteiger partial charge in [0.25, 0.3) is 0 Å². The molecule has 1 rings (SSSR count). The highest BCUT2D eigenvalue weighted by Crippen LogP contribution is 2.03. The number of pyridine rings is 1. The van der Waals surface area contributed by atoms with Crippen LogP contribution in [0, 0.1) is 6.92 Å². The third kappa shape index (κ3) is 2.05. The van der Waals surface area contributed by atoms with Crippen molar-refractivity contribution in [1.82, 2.24) is 4.98 Å². The molecule has 0 aromatic carbocycles. The zero-order chi connectivity index (χ0) is 8.97. The molecule has 0 radical (unpaired) electrons. The molecule has 1 aromatic heterocycles. The topological polar surface area (TPSA) is 39.2 Å². The Bertz CT molecular complexity index is 284. The molecule has 12 heavy (non-hydrogen) atoms. The Kier molecular flexibility index (Phi) is 2.80. The number of carbonyl (C=O) groups excluding carboxylic acids is 1. The van der Waals surface area contributed by atoms with Crippen molar-refractivity contribution in [2.24, 2.45) is 0 Å². The smallest absolute Gasteiger partial charge is 0.311 e. The summed E-state index contributed by atoms with van der Waals surface area (Å²) >= 11 is 0. The van der Waals surface area contributed by atoms with Gasteiger partial charge in [0.1, 0.15) is 0 Å². The van der Waals surface area contributed by atoms with Crippen molar-refractivity contribution in [3.05, 3.63) is 29.6 Å². The van der Waals surface area contributed by atoms with Crippen LogP contribution in [0.5, 0.6) is 0 Å². The Balaban J connectivity index is 2.75. The summed E-state index contributed by atoms with van der Waals surface area (Å²) in [4.78, 5) is 14.9. The third-order valence-electron chi connectivity index (χ3n) is 1.66. The van der Waals surface area contributed by atoms with E-state index < -0.39 is 0 Å². The van der Waals surface area contributed by atoms with E-state index in [1.807, 2.05) is 19.1 Å². The summed E-state index contributed by atoms with van der Waals surface area (Å²) < 4.78 is 4.53. The average Bonchev–Trinajstić information content (AvgIpc) is 2.09. The lowest BCUT2D eigenvalue weighted by atomic mass is 10.2. The first-order chi connectivity index (χ1) is 5.74. The molecule has 0 saturated heterocycles. The highest BCUT2D eigenvalue weighted by atomic mass is 16.5. The molecular weight excluding hydrogens is 154 g/mol. The molecule has 0 aliphatic heterocycles. The number of aromatic nitrogens is 1. The summed E-state index contributed by atoms with van der Waals surface area (Å²) in [5, 5.41) is 0. The molecular formula is C9H11NO2. The number of aryl methyl sites for hydroxylation is 1. The highest BCUT2D eigenvalue weighted by molar-refractivity contribution is 5.72. The standard InChI is InChI=1S/C9H11NO2/c1-7-4-3-5-10-8(7)6-9(11)12-2/h3-5H,6H2,1-2H3. The average molecular weight is 165 g/mol. The lowest BCUT2D eigenvalue weighted by Gasteiger charge is -2.01. The van der Waals surface area contributed by atoms with Gasteiger partial charge < -0.3 is 4.74 Å². The molecule has 0 N–H and O–H groups in total. The molecule has 0 saturated carbocycles. The third-order valence-corrected chi connectivity index (χ3v) is 1.66. The number of nitrogens with zero attached hydrogens (tertiary/aromatic N) is 1. The van der Waals surface area contributed by atoms with E-state index in [4.69, 9.17) is 0 Å². The first-order valence-corrected chi connectivity index (χ1v) is 3.71. The van der Waals surface area contributed by atoms with Crippen LogP contribution in [0.4, 0.5) is 0 Å². The maximum absolute atomic E-state index is 10.9. The number of esters is 1. The second kappa shape index (κ2) is 3.85. The normalized spacial score (nSPS) is 9.50. The van der Waals surface area contributed by atoms with E-state index in [1.165, 1.54) is 7.11 Å². The summed E-state index contributed by atoms with van der Waals surface area (Å²) in [7, 11) is 1.38. The first kappa shape index (κ1) is 8.71. The van der Waals surface area contributed by atoms with E-state index in [-0.39, 0.29) is 12.4 Å². The fourth-order valence-electron chi connectivity index (χ4n) is 0.912. The molecule has 0 aliphatic rings. The first-order valence-electron chi connectivity index (χ1n) is 3.71. The van der Waals surface area contributed by atoms with Crippen LogP contribution >= 0.6 is 0 Å². The largest absolute Gasteiger partial charge is 0.469 e. The molecule has 3 heteroatoms. The van der Waals surface area contributed by atoms with Crippen LogP contribution in [-0.4, -0.2) is 18.1 Å². The number of hydrogen-bond acceptors (Lipinski definition) is 3. The number of hydrogen-bond donors (Lipinski definition) is 0. The van der Waals surface area contributed by atoms with Crippen LogP contribution in [-0.2, 0) is 16.0 Å². The molecule has 0 spiro atoms. The zero-order valence-electron chi connectivity index (χ0n) is 7.20. The van der Waals surface area contributed by atoms with Crippen molar-refractivity contribution < 1.29 is 9.53 Å². The van der Waals surface area contributed by atoms with Gasteiger partial charge in [-0.2, -0.15) is 0 Å². The highest BCUT2D eigenvalue weighted by Gasteiger charge is 2.05. The summed E-state index contributed by atoms with van der Waals surface area (Å²) in [5.74, 6) is -0.253. The van der Waals surface area contributed by atoms with E-state index in [2.05, 4.69) is 9.72 Å². The summed E-state index contributed by atoms with van der Waals surface area (Å²) in [5.41, 5.74) is 1.80. The molecule has 64 valence electrons. The van der Waals surface area contributed by atoms with Gasteiger partial charge >= 0.3 is 5.97 Å². The predicted octanol–water partition coefficient (Wildman–Crippen LogP) is 1.11. The lowest BCUT2D eigenvalue weighted by Crippen LogP contribution is -2.07. The minimum Gasteiger partial charge on any atom is -0.469 e. The predicted molar refractivity (Wildman–Crippen MR) is 44.7 cm³/mol. The van der Waals surface area contributed by atoms with E-state index in [9.17, 15) is 4.79 Å². The van der Waals surface area contributed by atoms with Crippen molar-refractivity contribution in [3.8, 4) is 0 Å². The van der Waals surface area contributed by atoms with Gasteiger partial charge in [-0.25, -0.2) is 0 Å². The van der Waals surface area contributed by atoms with Gasteiger partial charge in [-0.05, 0) is 18.6 Å². The quantitative estimate of drug-likeness (QED) is 0.616. The molecule has 3 nitrogen and oxygen atoms in total. The number of ether oxygens (including phenoxy) is 1. The second-order valence-electron chi connectivity index (χ2n) is 2.52.